The van der Waals surface area contributed by atoms with Crippen LogP contribution in [-0.2, 0) is 0 Å². The van der Waals surface area contributed by atoms with Gasteiger partial charge in [-0.05, 0) is 30.9 Å². The van der Waals surface area contributed by atoms with Gasteiger partial charge in [0.2, 0.25) is 0 Å². The maximum Gasteiger partial charge on any atom is 0.253 e. The lowest BCUT2D eigenvalue weighted by atomic mass is 9.86. The Bertz CT molecular complexity index is 496. The summed E-state index contributed by atoms with van der Waals surface area (Å²) in [6, 6.07) is 3.48. The molecule has 0 spiro atoms. The Balaban J connectivity index is 2.18. The van der Waals surface area contributed by atoms with Crippen molar-refractivity contribution in [1.82, 2.24) is 4.90 Å². The van der Waals surface area contributed by atoms with Crippen LogP contribution in [0, 0.1) is 5.92 Å². The molecular weight excluding hydrogens is 295 g/mol. The minimum Gasteiger partial charge on any atom is -0.397 e. The van der Waals surface area contributed by atoms with Crippen molar-refractivity contribution < 1.29 is 4.79 Å². The zero-order valence-corrected chi connectivity index (χ0v) is 13.3. The van der Waals surface area contributed by atoms with Gasteiger partial charge in [0.25, 0.3) is 5.91 Å². The van der Waals surface area contributed by atoms with Crippen molar-refractivity contribution in [3.63, 3.8) is 0 Å². The predicted molar refractivity (Wildman–Crippen MR) is 84.4 cm³/mol. The van der Waals surface area contributed by atoms with Gasteiger partial charge in [-0.2, -0.15) is 0 Å². The van der Waals surface area contributed by atoms with Crippen LogP contribution in [0.15, 0.2) is 12.1 Å². The van der Waals surface area contributed by atoms with E-state index in [2.05, 4.69) is 6.92 Å². The lowest BCUT2D eigenvalue weighted by molar-refractivity contribution is 0.0672. The Morgan fingerprint density at radius 1 is 1.35 bits per heavy atom. The first-order valence-electron chi connectivity index (χ1n) is 6.91. The third-order valence-electron chi connectivity index (χ3n) is 4.08. The van der Waals surface area contributed by atoms with Crippen molar-refractivity contribution in [3.05, 3.63) is 27.7 Å². The monoisotopic (exact) mass is 314 g/mol. The molecule has 2 N–H and O–H groups in total. The zero-order chi connectivity index (χ0) is 14.9. The number of nitrogens with two attached hydrogens (primary N) is 1. The summed E-state index contributed by atoms with van der Waals surface area (Å²) in [6.07, 6.45) is 4.54. The van der Waals surface area contributed by atoms with E-state index in [1.165, 1.54) is 12.8 Å². The molecule has 1 aromatic rings. The van der Waals surface area contributed by atoms with E-state index in [9.17, 15) is 4.79 Å². The summed E-state index contributed by atoms with van der Waals surface area (Å²) in [6.45, 7) is 2.24. The van der Waals surface area contributed by atoms with E-state index < -0.39 is 0 Å². The number of halogens is 2. The number of carbonyl (C=O) groups is 1. The molecule has 3 nitrogen and oxygen atoms in total. The molecule has 0 aliphatic heterocycles. The number of anilines is 1. The summed E-state index contributed by atoms with van der Waals surface area (Å²) in [5.74, 6) is 0.622. The van der Waals surface area contributed by atoms with Crippen LogP contribution in [0.3, 0.4) is 0 Å². The number of benzene rings is 1. The summed E-state index contributed by atoms with van der Waals surface area (Å²) in [4.78, 5) is 14.3. The molecule has 1 aromatic carbocycles. The molecule has 1 saturated carbocycles. The first-order valence-corrected chi connectivity index (χ1v) is 7.67. The highest BCUT2D eigenvalue weighted by molar-refractivity contribution is 6.43. The van der Waals surface area contributed by atoms with Crippen molar-refractivity contribution >= 4 is 34.8 Å². The van der Waals surface area contributed by atoms with E-state index in [0.717, 1.165) is 12.8 Å². The van der Waals surface area contributed by atoms with Crippen molar-refractivity contribution in [2.24, 2.45) is 5.92 Å². The van der Waals surface area contributed by atoms with Crippen LogP contribution < -0.4 is 5.73 Å². The third kappa shape index (κ3) is 3.21. The topological polar surface area (TPSA) is 46.3 Å². The van der Waals surface area contributed by atoms with Crippen LogP contribution >= 0.6 is 23.2 Å². The minimum atomic E-state index is -0.0469. The maximum absolute atomic E-state index is 12.5. The van der Waals surface area contributed by atoms with Crippen molar-refractivity contribution in [3.8, 4) is 0 Å². The number of carbonyl (C=O) groups excluding carboxylic acids is 1. The second-order valence-corrected chi connectivity index (χ2v) is 6.49. The summed E-state index contributed by atoms with van der Waals surface area (Å²) < 4.78 is 0. The van der Waals surface area contributed by atoms with Gasteiger partial charge in [0.05, 0.1) is 15.7 Å². The molecule has 2 unspecified atom stereocenters. The number of hydrogen-bond acceptors (Lipinski definition) is 2. The van der Waals surface area contributed by atoms with E-state index in [0.29, 0.717) is 33.3 Å². The minimum absolute atomic E-state index is 0.0469. The van der Waals surface area contributed by atoms with Crippen LogP contribution in [-0.4, -0.2) is 23.9 Å². The quantitative estimate of drug-likeness (QED) is 0.830. The third-order valence-corrected chi connectivity index (χ3v) is 4.90. The van der Waals surface area contributed by atoms with Gasteiger partial charge in [0.15, 0.2) is 0 Å². The Labute approximate surface area is 130 Å². The molecule has 2 atom stereocenters. The largest absolute Gasteiger partial charge is 0.397 e. The molecule has 1 aliphatic carbocycles. The summed E-state index contributed by atoms with van der Waals surface area (Å²) in [7, 11) is 1.85. The number of nitrogen functional groups attached to an aromatic ring is 1. The fourth-order valence-electron chi connectivity index (χ4n) is 2.86. The Kier molecular flexibility index (Phi) is 4.82. The van der Waals surface area contributed by atoms with Gasteiger partial charge in [-0.25, -0.2) is 0 Å². The Hall–Kier alpha value is -0.930. The molecular formula is C15H20Cl2N2O. The molecule has 1 aliphatic rings. The Morgan fingerprint density at radius 2 is 2.05 bits per heavy atom. The van der Waals surface area contributed by atoms with E-state index in [-0.39, 0.29) is 5.91 Å². The first kappa shape index (κ1) is 15.5. The molecule has 5 heteroatoms. The summed E-state index contributed by atoms with van der Waals surface area (Å²) in [5.41, 5.74) is 6.61. The molecule has 1 fully saturated rings. The normalized spacial score (nSPS) is 22.6. The number of hydrogen-bond donors (Lipinski definition) is 1. The molecule has 110 valence electrons. The van der Waals surface area contributed by atoms with Crippen molar-refractivity contribution in [2.75, 3.05) is 12.8 Å². The average Bonchev–Trinajstić information content (AvgIpc) is 2.42. The highest BCUT2D eigenvalue weighted by Crippen LogP contribution is 2.31. The van der Waals surface area contributed by atoms with Crippen LogP contribution in [0.25, 0.3) is 0 Å². The lowest BCUT2D eigenvalue weighted by Crippen LogP contribution is -2.39. The molecule has 1 amide bonds. The lowest BCUT2D eigenvalue weighted by Gasteiger charge is -2.34. The Morgan fingerprint density at radius 3 is 2.65 bits per heavy atom. The van der Waals surface area contributed by atoms with Gasteiger partial charge in [0.1, 0.15) is 0 Å². The molecule has 0 saturated heterocycles. The van der Waals surface area contributed by atoms with Crippen LogP contribution in [0.5, 0.6) is 0 Å². The van der Waals surface area contributed by atoms with Gasteiger partial charge in [-0.3, -0.25) is 4.79 Å². The van der Waals surface area contributed by atoms with Gasteiger partial charge >= 0.3 is 0 Å². The molecule has 0 bridgehead atoms. The molecule has 20 heavy (non-hydrogen) atoms. The maximum atomic E-state index is 12.5. The van der Waals surface area contributed by atoms with E-state index in [4.69, 9.17) is 28.9 Å². The standard InChI is InChI=1S/C15H20Cl2N2O/c1-9-4-3-5-11(6-9)19(2)15(20)10-7-12(16)14(17)13(18)8-10/h7-9,11H,3-6,18H2,1-2H3. The number of amides is 1. The van der Waals surface area contributed by atoms with Gasteiger partial charge < -0.3 is 10.6 Å². The zero-order valence-electron chi connectivity index (χ0n) is 11.8. The van der Waals surface area contributed by atoms with Gasteiger partial charge in [-0.1, -0.05) is 43.0 Å². The predicted octanol–water partition coefficient (Wildman–Crippen LogP) is 4.23. The number of rotatable bonds is 2. The van der Waals surface area contributed by atoms with Gasteiger partial charge in [-0.15, -0.1) is 0 Å². The van der Waals surface area contributed by atoms with Crippen LogP contribution in [0.2, 0.25) is 10.0 Å². The van der Waals surface area contributed by atoms with E-state index >= 15 is 0 Å². The highest BCUT2D eigenvalue weighted by atomic mass is 35.5. The summed E-state index contributed by atoms with van der Waals surface area (Å²) in [5, 5.41) is 0.623. The molecule has 2 rings (SSSR count). The van der Waals surface area contributed by atoms with Crippen LogP contribution in [0.1, 0.15) is 43.0 Å². The fourth-order valence-corrected chi connectivity index (χ4v) is 3.19. The summed E-state index contributed by atoms with van der Waals surface area (Å²) >= 11 is 11.9. The van der Waals surface area contributed by atoms with Crippen molar-refractivity contribution in [1.29, 1.82) is 0 Å². The van der Waals surface area contributed by atoms with E-state index in [1.54, 1.807) is 12.1 Å². The molecule has 0 aromatic heterocycles. The number of nitrogens with zero attached hydrogens (tertiary/aromatic N) is 1. The van der Waals surface area contributed by atoms with E-state index in [1.807, 2.05) is 11.9 Å². The second-order valence-electron chi connectivity index (χ2n) is 5.70. The van der Waals surface area contributed by atoms with Crippen LogP contribution in [0.4, 0.5) is 5.69 Å². The highest BCUT2D eigenvalue weighted by Gasteiger charge is 2.26. The van der Waals surface area contributed by atoms with Crippen molar-refractivity contribution in [2.45, 2.75) is 38.6 Å². The van der Waals surface area contributed by atoms with Gasteiger partial charge in [0, 0.05) is 18.7 Å². The first-order chi connectivity index (χ1) is 9.40. The SMILES string of the molecule is CC1CCCC(N(C)C(=O)c2cc(N)c(Cl)c(Cl)c2)C1. The molecule has 0 radical (unpaired) electrons. The second kappa shape index (κ2) is 6.23. The smallest absolute Gasteiger partial charge is 0.253 e. The molecule has 0 heterocycles. The average molecular weight is 315 g/mol. The fraction of sp³-hybridized carbons (Fsp3) is 0.533.